The van der Waals surface area contributed by atoms with Crippen LogP contribution in [-0.2, 0) is 16.2 Å². The highest BCUT2D eigenvalue weighted by atomic mass is 15.2. The van der Waals surface area contributed by atoms with Crippen molar-refractivity contribution in [2.75, 3.05) is 4.90 Å². The van der Waals surface area contributed by atoms with E-state index in [4.69, 9.17) is 0 Å². The number of fused-ring (bicyclic) bond motifs is 10. The van der Waals surface area contributed by atoms with Gasteiger partial charge in [0.1, 0.15) is 0 Å². The molecule has 10 rings (SSSR count). The predicted octanol–water partition coefficient (Wildman–Crippen LogP) is 11.8. The maximum Gasteiger partial charge on any atom is 0.0582 e. The molecule has 0 amide bonds. The van der Waals surface area contributed by atoms with E-state index >= 15 is 0 Å². The molecule has 0 spiro atoms. The Hall–Kier alpha value is -5.08. The molecular weight excluding hydrogens is 569 g/mol. The summed E-state index contributed by atoms with van der Waals surface area (Å²) in [6.45, 7) is 14.4. The lowest BCUT2D eigenvalue weighted by Crippen LogP contribution is -2.30. The Kier molecular flexibility index (Phi) is 4.97. The first-order valence-corrected chi connectivity index (χ1v) is 17.0. The summed E-state index contributed by atoms with van der Waals surface area (Å²) in [5.74, 6) is 0. The normalized spacial score (nSPS) is 17.2. The van der Waals surface area contributed by atoms with Gasteiger partial charge in [-0.05, 0) is 87.0 Å². The fraction of sp³-hybridized carbons (Fsp3) is 0.200. The molecule has 228 valence electrons. The Bertz CT molecular complexity index is 2450. The first-order chi connectivity index (χ1) is 22.6. The van der Waals surface area contributed by atoms with Crippen molar-refractivity contribution in [3.05, 3.63) is 155 Å². The van der Waals surface area contributed by atoms with E-state index in [9.17, 15) is 0 Å². The molecule has 0 saturated heterocycles. The molecule has 7 aromatic rings. The summed E-state index contributed by atoms with van der Waals surface area (Å²) in [6.07, 6.45) is 0. The lowest BCUT2D eigenvalue weighted by Gasteiger charge is -2.42. The number of rotatable bonds is 1. The Balaban J connectivity index is 1.20. The summed E-state index contributed by atoms with van der Waals surface area (Å²) < 4.78 is 2.55. The van der Waals surface area contributed by atoms with Crippen LogP contribution in [0.1, 0.15) is 74.9 Å². The third-order valence-electron chi connectivity index (χ3n) is 12.0. The van der Waals surface area contributed by atoms with Gasteiger partial charge in [0.2, 0.25) is 0 Å². The first-order valence-electron chi connectivity index (χ1n) is 17.0. The molecule has 1 aliphatic carbocycles. The maximum atomic E-state index is 2.55. The van der Waals surface area contributed by atoms with Crippen molar-refractivity contribution in [2.24, 2.45) is 0 Å². The summed E-state index contributed by atoms with van der Waals surface area (Å²) in [5, 5.41) is 2.67. The fourth-order valence-electron chi connectivity index (χ4n) is 9.45. The van der Waals surface area contributed by atoms with Crippen LogP contribution in [-0.4, -0.2) is 4.57 Å². The lowest BCUT2D eigenvalue weighted by molar-refractivity contribution is 0.625. The third-order valence-corrected chi connectivity index (χ3v) is 12.0. The van der Waals surface area contributed by atoms with E-state index in [0.29, 0.717) is 0 Å². The van der Waals surface area contributed by atoms with Crippen molar-refractivity contribution >= 4 is 38.9 Å². The van der Waals surface area contributed by atoms with E-state index in [1.807, 2.05) is 0 Å². The van der Waals surface area contributed by atoms with Gasteiger partial charge in [0.05, 0.1) is 28.1 Å². The number of anilines is 3. The maximum absolute atomic E-state index is 2.55. The summed E-state index contributed by atoms with van der Waals surface area (Å²) in [6, 6.07) is 46.0. The topological polar surface area (TPSA) is 8.17 Å². The minimum atomic E-state index is -0.160. The molecule has 2 aliphatic heterocycles. The van der Waals surface area contributed by atoms with Crippen LogP contribution in [0.2, 0.25) is 0 Å². The number of nitrogens with zero attached hydrogens (tertiary/aromatic N) is 2. The van der Waals surface area contributed by atoms with Gasteiger partial charge in [-0.15, -0.1) is 0 Å². The smallest absolute Gasteiger partial charge is 0.0582 e. The Labute approximate surface area is 276 Å². The molecule has 0 saturated carbocycles. The minimum absolute atomic E-state index is 0.0760. The highest BCUT2D eigenvalue weighted by molar-refractivity contribution is 6.11. The summed E-state index contributed by atoms with van der Waals surface area (Å²) in [4.78, 5) is 2.49. The average molecular weight is 607 g/mol. The summed E-state index contributed by atoms with van der Waals surface area (Å²) >= 11 is 0. The number of benzene rings is 6. The molecule has 0 N–H and O–H groups in total. The zero-order valence-corrected chi connectivity index (χ0v) is 27.9. The van der Waals surface area contributed by atoms with Crippen molar-refractivity contribution in [2.45, 2.75) is 57.8 Å². The van der Waals surface area contributed by atoms with Gasteiger partial charge in [-0.3, -0.25) is 0 Å². The van der Waals surface area contributed by atoms with Crippen molar-refractivity contribution < 1.29 is 0 Å². The summed E-state index contributed by atoms with van der Waals surface area (Å²) in [5.41, 5.74) is 18.4. The molecule has 0 radical (unpaired) electrons. The molecule has 0 fully saturated rings. The van der Waals surface area contributed by atoms with E-state index < -0.39 is 0 Å². The Morgan fingerprint density at radius 3 is 1.72 bits per heavy atom. The highest BCUT2D eigenvalue weighted by Crippen LogP contribution is 2.57. The molecule has 0 bridgehead atoms. The zero-order chi connectivity index (χ0) is 32.0. The van der Waals surface area contributed by atoms with Gasteiger partial charge in [0, 0.05) is 32.7 Å². The van der Waals surface area contributed by atoms with Gasteiger partial charge >= 0.3 is 0 Å². The molecule has 0 unspecified atom stereocenters. The predicted molar refractivity (Wildman–Crippen MR) is 197 cm³/mol. The van der Waals surface area contributed by atoms with E-state index in [2.05, 4.69) is 172 Å². The van der Waals surface area contributed by atoms with E-state index in [1.165, 1.54) is 89.1 Å². The van der Waals surface area contributed by atoms with E-state index in [0.717, 1.165) is 0 Å². The van der Waals surface area contributed by atoms with Crippen LogP contribution >= 0.6 is 0 Å². The second-order valence-electron chi connectivity index (χ2n) is 15.4. The van der Waals surface area contributed by atoms with Crippen LogP contribution in [0.3, 0.4) is 0 Å². The highest BCUT2D eigenvalue weighted by Gasteiger charge is 2.42. The van der Waals surface area contributed by atoms with Crippen molar-refractivity contribution in [3.63, 3.8) is 0 Å². The van der Waals surface area contributed by atoms with Gasteiger partial charge in [-0.25, -0.2) is 0 Å². The number of hydrogen-bond donors (Lipinski definition) is 0. The van der Waals surface area contributed by atoms with Crippen molar-refractivity contribution in [3.8, 4) is 16.8 Å². The van der Waals surface area contributed by atoms with Crippen LogP contribution in [0, 0.1) is 0 Å². The van der Waals surface area contributed by atoms with Crippen LogP contribution in [0.15, 0.2) is 121 Å². The molecule has 2 nitrogen and oxygen atoms in total. The quantitative estimate of drug-likeness (QED) is 0.180. The number of para-hydroxylation sites is 4. The zero-order valence-electron chi connectivity index (χ0n) is 27.9. The minimum Gasteiger partial charge on any atom is -0.310 e. The van der Waals surface area contributed by atoms with Crippen LogP contribution in [0.5, 0.6) is 0 Å². The van der Waals surface area contributed by atoms with Gasteiger partial charge in [-0.2, -0.15) is 0 Å². The molecule has 2 heteroatoms. The molecule has 6 aromatic carbocycles. The molecule has 3 aliphatic rings. The largest absolute Gasteiger partial charge is 0.310 e. The molecule has 0 atom stereocenters. The van der Waals surface area contributed by atoms with Gasteiger partial charge in [0.25, 0.3) is 0 Å². The van der Waals surface area contributed by atoms with Crippen molar-refractivity contribution in [1.29, 1.82) is 0 Å². The second kappa shape index (κ2) is 8.63. The SMILES string of the molecule is CC1(C)c2cc(N3c4ccccc4C(C)(C)c4ccccc43)ccc2-c2cc3c(cc21)-n1c2ccccc2c2cccc(c21)C3(C)C. The Morgan fingerprint density at radius 2 is 0.979 bits per heavy atom. The van der Waals surface area contributed by atoms with E-state index in [1.54, 1.807) is 0 Å². The molecule has 1 aromatic heterocycles. The monoisotopic (exact) mass is 606 g/mol. The van der Waals surface area contributed by atoms with E-state index in [-0.39, 0.29) is 16.2 Å². The van der Waals surface area contributed by atoms with Crippen LogP contribution < -0.4 is 4.90 Å². The molecular formula is C45H38N2. The second-order valence-corrected chi connectivity index (χ2v) is 15.4. The van der Waals surface area contributed by atoms with Gasteiger partial charge < -0.3 is 9.47 Å². The lowest BCUT2D eigenvalue weighted by atomic mass is 9.73. The molecule has 3 heterocycles. The van der Waals surface area contributed by atoms with Crippen molar-refractivity contribution in [1.82, 2.24) is 4.57 Å². The average Bonchev–Trinajstić information content (AvgIpc) is 3.52. The number of hydrogen-bond acceptors (Lipinski definition) is 1. The van der Waals surface area contributed by atoms with Gasteiger partial charge in [-0.1, -0.05) is 120 Å². The fourth-order valence-corrected chi connectivity index (χ4v) is 9.45. The Morgan fingerprint density at radius 1 is 0.404 bits per heavy atom. The van der Waals surface area contributed by atoms with Crippen LogP contribution in [0.4, 0.5) is 17.1 Å². The summed E-state index contributed by atoms with van der Waals surface area (Å²) in [7, 11) is 0. The van der Waals surface area contributed by atoms with Gasteiger partial charge in [0.15, 0.2) is 0 Å². The number of aromatic nitrogens is 1. The standard InChI is InChI=1S/C45H38N2/c1-43(2)32-16-8-11-20-39(32)46(40-21-12-9-17-33(40)43)27-22-23-28-31-25-37-41(26-36(31)45(5,6)35(28)24-27)47-38-19-10-7-14-29(38)30-15-13-18-34(42(30)47)44(37,3)4/h7-26H,1-6H3. The van der Waals surface area contributed by atoms with Crippen LogP contribution in [0.25, 0.3) is 38.6 Å². The first kappa shape index (κ1) is 27.1. The molecule has 47 heavy (non-hydrogen) atoms. The third kappa shape index (κ3) is 3.21.